The molecule has 1 aliphatic rings. The lowest BCUT2D eigenvalue weighted by molar-refractivity contribution is 0.0725. The summed E-state index contributed by atoms with van der Waals surface area (Å²) in [5, 5.41) is 9.13. The van der Waals surface area contributed by atoms with Crippen molar-refractivity contribution < 1.29 is 9.47 Å². The van der Waals surface area contributed by atoms with Crippen LogP contribution in [-0.4, -0.2) is 37.8 Å². The molecule has 4 nitrogen and oxygen atoms in total. The molecular weight excluding hydrogens is 252 g/mol. The smallest absolute Gasteiger partial charge is 0.136 e. The van der Waals surface area contributed by atoms with Crippen molar-refractivity contribution in [3.8, 4) is 11.8 Å². The van der Waals surface area contributed by atoms with E-state index in [0.717, 1.165) is 38.2 Å². The van der Waals surface area contributed by atoms with Gasteiger partial charge in [-0.25, -0.2) is 0 Å². The molecule has 1 heterocycles. The number of hydrogen-bond donors (Lipinski definition) is 0. The van der Waals surface area contributed by atoms with Crippen molar-refractivity contribution in [2.45, 2.75) is 32.4 Å². The normalized spacial score (nSPS) is 18.2. The Hall–Kier alpha value is -1.57. The molecule has 20 heavy (non-hydrogen) atoms. The third-order valence-electron chi connectivity index (χ3n) is 3.72. The van der Waals surface area contributed by atoms with Gasteiger partial charge in [0.1, 0.15) is 11.8 Å². The zero-order valence-electron chi connectivity index (χ0n) is 12.3. The van der Waals surface area contributed by atoms with Crippen LogP contribution in [0.4, 0.5) is 0 Å². The second kappa shape index (κ2) is 7.28. The van der Waals surface area contributed by atoms with Crippen LogP contribution >= 0.6 is 0 Å². The molecule has 1 saturated heterocycles. The van der Waals surface area contributed by atoms with Crippen molar-refractivity contribution in [2.75, 3.05) is 26.8 Å². The van der Waals surface area contributed by atoms with Gasteiger partial charge in [0.05, 0.1) is 18.8 Å². The zero-order chi connectivity index (χ0) is 14.4. The summed E-state index contributed by atoms with van der Waals surface area (Å²) in [5.74, 6) is 0.637. The molecule has 2 rings (SSSR count). The van der Waals surface area contributed by atoms with Crippen LogP contribution in [0.2, 0.25) is 0 Å². The van der Waals surface area contributed by atoms with E-state index >= 15 is 0 Å². The Morgan fingerprint density at radius 1 is 1.50 bits per heavy atom. The van der Waals surface area contributed by atoms with Crippen LogP contribution in [0.1, 0.15) is 30.9 Å². The van der Waals surface area contributed by atoms with Gasteiger partial charge in [0.15, 0.2) is 0 Å². The summed E-state index contributed by atoms with van der Waals surface area (Å²) in [6.45, 7) is 5.83. The van der Waals surface area contributed by atoms with Crippen LogP contribution in [0.15, 0.2) is 18.2 Å². The summed E-state index contributed by atoms with van der Waals surface area (Å²) in [7, 11) is 1.59. The molecule has 1 aromatic rings. The predicted octanol–water partition coefficient (Wildman–Crippen LogP) is 2.57. The first-order valence-corrected chi connectivity index (χ1v) is 7.17. The van der Waals surface area contributed by atoms with E-state index < -0.39 is 0 Å². The van der Waals surface area contributed by atoms with Crippen molar-refractivity contribution in [3.05, 3.63) is 29.3 Å². The number of benzene rings is 1. The average Bonchev–Trinajstić information content (AvgIpc) is 2.99. The molecule has 1 fully saturated rings. The fourth-order valence-electron chi connectivity index (χ4n) is 2.58. The molecule has 0 saturated carbocycles. The van der Waals surface area contributed by atoms with E-state index in [1.165, 1.54) is 6.42 Å². The lowest BCUT2D eigenvalue weighted by Gasteiger charge is -2.23. The molecule has 108 valence electrons. The largest absolute Gasteiger partial charge is 0.495 e. The summed E-state index contributed by atoms with van der Waals surface area (Å²) in [6.07, 6.45) is 2.69. The van der Waals surface area contributed by atoms with Crippen LogP contribution in [0, 0.1) is 11.3 Å². The van der Waals surface area contributed by atoms with Gasteiger partial charge in [-0.05, 0) is 37.1 Å². The molecule has 0 N–H and O–H groups in total. The fourth-order valence-corrected chi connectivity index (χ4v) is 2.58. The van der Waals surface area contributed by atoms with Gasteiger partial charge in [-0.3, -0.25) is 4.90 Å². The topological polar surface area (TPSA) is 45.5 Å². The van der Waals surface area contributed by atoms with E-state index in [1.54, 1.807) is 7.11 Å². The lowest BCUT2D eigenvalue weighted by Crippen LogP contribution is -2.31. The zero-order valence-corrected chi connectivity index (χ0v) is 12.3. The van der Waals surface area contributed by atoms with Crippen molar-refractivity contribution in [2.24, 2.45) is 0 Å². The maximum atomic E-state index is 9.13. The molecule has 4 heteroatoms. The Morgan fingerprint density at radius 2 is 2.35 bits per heavy atom. The molecule has 1 aromatic carbocycles. The number of rotatable bonds is 6. The van der Waals surface area contributed by atoms with E-state index in [0.29, 0.717) is 17.4 Å². The first-order chi connectivity index (χ1) is 9.76. The third-order valence-corrected chi connectivity index (χ3v) is 3.72. The number of ether oxygens (including phenoxy) is 2. The van der Waals surface area contributed by atoms with Gasteiger partial charge < -0.3 is 9.47 Å². The van der Waals surface area contributed by atoms with Gasteiger partial charge in [-0.15, -0.1) is 0 Å². The Morgan fingerprint density at radius 3 is 2.95 bits per heavy atom. The Bertz CT molecular complexity index is 476. The monoisotopic (exact) mass is 274 g/mol. The van der Waals surface area contributed by atoms with E-state index in [4.69, 9.17) is 14.7 Å². The molecule has 0 aromatic heterocycles. The quantitative estimate of drug-likeness (QED) is 0.800. The van der Waals surface area contributed by atoms with E-state index in [-0.39, 0.29) is 0 Å². The number of nitriles is 1. The number of hydrogen-bond acceptors (Lipinski definition) is 4. The maximum absolute atomic E-state index is 9.13. The number of methoxy groups -OCH3 is 1. The summed E-state index contributed by atoms with van der Waals surface area (Å²) >= 11 is 0. The van der Waals surface area contributed by atoms with Gasteiger partial charge in [0.2, 0.25) is 0 Å². The summed E-state index contributed by atoms with van der Waals surface area (Å²) in [6, 6.07) is 7.99. The first kappa shape index (κ1) is 14.8. The second-order valence-corrected chi connectivity index (χ2v) is 5.11. The maximum Gasteiger partial charge on any atom is 0.136 e. The highest BCUT2D eigenvalue weighted by Gasteiger charge is 2.18. The molecule has 0 spiro atoms. The lowest BCUT2D eigenvalue weighted by atomic mass is 10.1. The summed E-state index contributed by atoms with van der Waals surface area (Å²) < 4.78 is 10.9. The van der Waals surface area contributed by atoms with Crippen LogP contribution in [-0.2, 0) is 11.3 Å². The molecule has 0 radical (unpaired) electrons. The highest BCUT2D eigenvalue weighted by molar-refractivity contribution is 5.45. The van der Waals surface area contributed by atoms with Crippen molar-refractivity contribution in [3.63, 3.8) is 0 Å². The fraction of sp³-hybridized carbons (Fsp3) is 0.562. The highest BCUT2D eigenvalue weighted by atomic mass is 16.5. The third kappa shape index (κ3) is 3.72. The van der Waals surface area contributed by atoms with Gasteiger partial charge in [0.25, 0.3) is 0 Å². The minimum atomic E-state index is 0.364. The molecule has 1 atom stereocenters. The van der Waals surface area contributed by atoms with Gasteiger partial charge in [-0.2, -0.15) is 5.26 Å². The van der Waals surface area contributed by atoms with Gasteiger partial charge >= 0.3 is 0 Å². The van der Waals surface area contributed by atoms with Crippen LogP contribution in [0.5, 0.6) is 5.75 Å². The molecule has 0 bridgehead atoms. The van der Waals surface area contributed by atoms with E-state index in [2.05, 4.69) is 17.9 Å². The Balaban J connectivity index is 2.01. The van der Waals surface area contributed by atoms with Gasteiger partial charge in [0, 0.05) is 19.7 Å². The Labute approximate surface area is 120 Å². The average molecular weight is 274 g/mol. The standard InChI is InChI=1S/C16H22N2O2/c1-3-18(12-15-5-4-8-20-15)11-13-6-7-16(19-2)14(9-13)10-17/h6-7,9,15H,3-5,8,11-12H2,1-2H3. The molecule has 0 aliphatic carbocycles. The van der Waals surface area contributed by atoms with Crippen LogP contribution in [0.25, 0.3) is 0 Å². The van der Waals surface area contributed by atoms with Crippen LogP contribution < -0.4 is 4.74 Å². The van der Waals surface area contributed by atoms with Crippen molar-refractivity contribution in [1.29, 1.82) is 5.26 Å². The SMILES string of the molecule is CCN(Cc1ccc(OC)c(C#N)c1)CC1CCCO1. The van der Waals surface area contributed by atoms with Gasteiger partial charge in [-0.1, -0.05) is 13.0 Å². The number of nitrogens with zero attached hydrogens (tertiary/aromatic N) is 2. The molecule has 1 aliphatic heterocycles. The molecular formula is C16H22N2O2. The van der Waals surface area contributed by atoms with E-state index in [9.17, 15) is 0 Å². The minimum absolute atomic E-state index is 0.364. The molecule has 0 amide bonds. The van der Waals surface area contributed by atoms with Crippen molar-refractivity contribution in [1.82, 2.24) is 4.90 Å². The predicted molar refractivity (Wildman–Crippen MR) is 77.6 cm³/mol. The summed E-state index contributed by atoms with van der Waals surface area (Å²) in [4.78, 5) is 2.36. The number of likely N-dealkylation sites (N-methyl/N-ethyl adjacent to an activating group) is 1. The second-order valence-electron chi connectivity index (χ2n) is 5.11. The van der Waals surface area contributed by atoms with Crippen LogP contribution in [0.3, 0.4) is 0 Å². The first-order valence-electron chi connectivity index (χ1n) is 7.17. The minimum Gasteiger partial charge on any atom is -0.495 e. The summed E-state index contributed by atoms with van der Waals surface area (Å²) in [5.41, 5.74) is 1.74. The van der Waals surface area contributed by atoms with Crippen molar-refractivity contribution >= 4 is 0 Å². The van der Waals surface area contributed by atoms with E-state index in [1.807, 2.05) is 18.2 Å². The highest BCUT2D eigenvalue weighted by Crippen LogP contribution is 2.20. The Kier molecular flexibility index (Phi) is 5.40. The molecule has 1 unspecified atom stereocenters.